The lowest BCUT2D eigenvalue weighted by molar-refractivity contribution is 0.397. The average molecular weight is 148 g/mol. The summed E-state index contributed by atoms with van der Waals surface area (Å²) in [5.74, 6) is 0.479. The summed E-state index contributed by atoms with van der Waals surface area (Å²) in [5, 5.41) is 8.57. The smallest absolute Gasteiger partial charge is 0.214 e. The molecule has 0 saturated carbocycles. The molecular formula is C8H8N2O. The van der Waals surface area contributed by atoms with E-state index >= 15 is 0 Å². The van der Waals surface area contributed by atoms with Crippen LogP contribution in [0.25, 0.3) is 0 Å². The molecule has 0 aliphatic heterocycles. The molecule has 0 atom stereocenters. The number of nitrogens with zero attached hydrogens (tertiary/aromatic N) is 2. The number of pyridine rings is 1. The minimum Gasteiger partial charge on any atom is -0.481 e. The summed E-state index contributed by atoms with van der Waals surface area (Å²) < 4.78 is 4.85. The molecule has 11 heavy (non-hydrogen) atoms. The van der Waals surface area contributed by atoms with Gasteiger partial charge < -0.3 is 4.74 Å². The van der Waals surface area contributed by atoms with Gasteiger partial charge in [0.2, 0.25) is 5.88 Å². The highest BCUT2D eigenvalue weighted by Gasteiger charge is 1.99. The third-order valence-electron chi connectivity index (χ3n) is 1.39. The highest BCUT2D eigenvalue weighted by atomic mass is 16.5. The first-order chi connectivity index (χ1) is 5.27. The number of aryl methyl sites for hydroxylation is 1. The summed E-state index contributed by atoms with van der Waals surface area (Å²) in [5.41, 5.74) is 1.29. The van der Waals surface area contributed by atoms with Gasteiger partial charge in [-0.25, -0.2) is 4.98 Å². The van der Waals surface area contributed by atoms with E-state index < -0.39 is 0 Å². The lowest BCUT2D eigenvalue weighted by Gasteiger charge is -1.99. The Bertz CT molecular complexity index is 301. The van der Waals surface area contributed by atoms with Crippen molar-refractivity contribution >= 4 is 0 Å². The van der Waals surface area contributed by atoms with Crippen molar-refractivity contribution in [3.05, 3.63) is 23.4 Å². The second-order valence-electron chi connectivity index (χ2n) is 2.13. The molecule has 0 unspecified atom stereocenters. The normalized spacial score (nSPS) is 8.82. The number of aromatic nitrogens is 1. The number of hydrogen-bond donors (Lipinski definition) is 0. The Balaban J connectivity index is 3.15. The maximum absolute atomic E-state index is 8.57. The van der Waals surface area contributed by atoms with Crippen LogP contribution < -0.4 is 4.74 Å². The standard InChI is InChI=1S/C8H8N2O/c1-6-3-4-8(11-2)10-7(6)5-9/h3-4H,1-2H3. The Labute approximate surface area is 65.3 Å². The van der Waals surface area contributed by atoms with Crippen molar-refractivity contribution in [2.45, 2.75) is 6.92 Å². The van der Waals surface area contributed by atoms with Crippen LogP contribution in [0.5, 0.6) is 5.88 Å². The van der Waals surface area contributed by atoms with Gasteiger partial charge in [-0.2, -0.15) is 5.26 Å². The quantitative estimate of drug-likeness (QED) is 0.602. The van der Waals surface area contributed by atoms with Gasteiger partial charge in [-0.05, 0) is 12.5 Å². The Hall–Kier alpha value is -1.56. The highest BCUT2D eigenvalue weighted by Crippen LogP contribution is 2.10. The molecule has 1 aromatic heterocycles. The van der Waals surface area contributed by atoms with Crippen molar-refractivity contribution in [2.75, 3.05) is 7.11 Å². The van der Waals surface area contributed by atoms with Crippen LogP contribution in [0.2, 0.25) is 0 Å². The lowest BCUT2D eigenvalue weighted by Crippen LogP contribution is -1.92. The topological polar surface area (TPSA) is 45.9 Å². The van der Waals surface area contributed by atoms with Gasteiger partial charge in [-0.15, -0.1) is 0 Å². The van der Waals surface area contributed by atoms with E-state index in [1.807, 2.05) is 19.1 Å². The van der Waals surface area contributed by atoms with Crippen LogP contribution in [0.15, 0.2) is 12.1 Å². The number of hydrogen-bond acceptors (Lipinski definition) is 3. The summed E-state index contributed by atoms with van der Waals surface area (Å²) in [6.07, 6.45) is 0. The SMILES string of the molecule is COc1ccc(C)c(C#N)n1. The van der Waals surface area contributed by atoms with Gasteiger partial charge in [0.15, 0.2) is 0 Å². The molecular weight excluding hydrogens is 140 g/mol. The van der Waals surface area contributed by atoms with E-state index in [0.29, 0.717) is 11.6 Å². The second-order valence-corrected chi connectivity index (χ2v) is 2.13. The van der Waals surface area contributed by atoms with Gasteiger partial charge in [0.05, 0.1) is 7.11 Å². The van der Waals surface area contributed by atoms with Crippen molar-refractivity contribution in [3.8, 4) is 11.9 Å². The molecule has 56 valence electrons. The van der Waals surface area contributed by atoms with Crippen LogP contribution >= 0.6 is 0 Å². The van der Waals surface area contributed by atoms with Gasteiger partial charge in [0.1, 0.15) is 11.8 Å². The van der Waals surface area contributed by atoms with E-state index in [2.05, 4.69) is 4.98 Å². The zero-order chi connectivity index (χ0) is 8.27. The molecule has 0 bridgehead atoms. The first-order valence-electron chi connectivity index (χ1n) is 3.19. The van der Waals surface area contributed by atoms with Crippen molar-refractivity contribution in [2.24, 2.45) is 0 Å². The van der Waals surface area contributed by atoms with Gasteiger partial charge in [-0.3, -0.25) is 0 Å². The van der Waals surface area contributed by atoms with Gasteiger partial charge in [-0.1, -0.05) is 6.07 Å². The molecule has 3 heteroatoms. The molecule has 1 aromatic rings. The van der Waals surface area contributed by atoms with Gasteiger partial charge in [0, 0.05) is 6.07 Å². The van der Waals surface area contributed by atoms with E-state index in [1.165, 1.54) is 7.11 Å². The molecule has 3 nitrogen and oxygen atoms in total. The van der Waals surface area contributed by atoms with Crippen LogP contribution in [0.3, 0.4) is 0 Å². The summed E-state index contributed by atoms with van der Waals surface area (Å²) in [6, 6.07) is 5.52. The molecule has 0 spiro atoms. The fourth-order valence-electron chi connectivity index (χ4n) is 0.738. The van der Waals surface area contributed by atoms with E-state index in [1.54, 1.807) is 6.07 Å². The molecule has 1 rings (SSSR count). The van der Waals surface area contributed by atoms with Crippen LogP contribution in [0.4, 0.5) is 0 Å². The fourth-order valence-corrected chi connectivity index (χ4v) is 0.738. The number of nitriles is 1. The van der Waals surface area contributed by atoms with Crippen LogP contribution in [-0.4, -0.2) is 12.1 Å². The largest absolute Gasteiger partial charge is 0.481 e. The minimum atomic E-state index is 0.421. The molecule has 0 aromatic carbocycles. The Morgan fingerprint density at radius 2 is 2.27 bits per heavy atom. The summed E-state index contributed by atoms with van der Waals surface area (Å²) in [4.78, 5) is 3.93. The molecule has 0 N–H and O–H groups in total. The molecule has 0 saturated heterocycles. The van der Waals surface area contributed by atoms with Crippen LogP contribution in [0, 0.1) is 18.3 Å². The summed E-state index contributed by atoms with van der Waals surface area (Å²) in [6.45, 7) is 1.84. The predicted octanol–water partition coefficient (Wildman–Crippen LogP) is 1.27. The van der Waals surface area contributed by atoms with Crippen molar-refractivity contribution < 1.29 is 4.74 Å². The maximum Gasteiger partial charge on any atom is 0.214 e. The van der Waals surface area contributed by atoms with Gasteiger partial charge >= 0.3 is 0 Å². The molecule has 1 heterocycles. The molecule has 0 amide bonds. The van der Waals surface area contributed by atoms with Gasteiger partial charge in [0.25, 0.3) is 0 Å². The predicted molar refractivity (Wildman–Crippen MR) is 40.2 cm³/mol. The second kappa shape index (κ2) is 3.02. The average Bonchev–Trinajstić information content (AvgIpc) is 2.05. The van der Waals surface area contributed by atoms with E-state index in [4.69, 9.17) is 10.00 Å². The third-order valence-corrected chi connectivity index (χ3v) is 1.39. The first kappa shape index (κ1) is 7.55. The maximum atomic E-state index is 8.57. The van der Waals surface area contributed by atoms with Crippen molar-refractivity contribution in [1.29, 1.82) is 5.26 Å². The van der Waals surface area contributed by atoms with Crippen molar-refractivity contribution in [3.63, 3.8) is 0 Å². The number of rotatable bonds is 1. The number of ether oxygens (including phenoxy) is 1. The minimum absolute atomic E-state index is 0.421. The molecule has 0 aliphatic carbocycles. The monoisotopic (exact) mass is 148 g/mol. The third kappa shape index (κ3) is 1.47. The van der Waals surface area contributed by atoms with E-state index in [9.17, 15) is 0 Å². The zero-order valence-electron chi connectivity index (χ0n) is 6.46. The Morgan fingerprint density at radius 3 is 2.82 bits per heavy atom. The van der Waals surface area contributed by atoms with E-state index in [0.717, 1.165) is 5.56 Å². The molecule has 0 fully saturated rings. The highest BCUT2D eigenvalue weighted by molar-refractivity contribution is 5.32. The van der Waals surface area contributed by atoms with Crippen molar-refractivity contribution in [1.82, 2.24) is 4.98 Å². The fraction of sp³-hybridized carbons (Fsp3) is 0.250. The number of methoxy groups -OCH3 is 1. The van der Waals surface area contributed by atoms with Crippen LogP contribution in [0.1, 0.15) is 11.3 Å². The zero-order valence-corrected chi connectivity index (χ0v) is 6.46. The Morgan fingerprint density at radius 1 is 1.55 bits per heavy atom. The van der Waals surface area contributed by atoms with Crippen LogP contribution in [-0.2, 0) is 0 Å². The molecule has 0 aliphatic rings. The molecule has 0 radical (unpaired) electrons. The lowest BCUT2D eigenvalue weighted by atomic mass is 10.2. The van der Waals surface area contributed by atoms with E-state index in [-0.39, 0.29) is 0 Å². The Kier molecular flexibility index (Phi) is 2.07. The summed E-state index contributed by atoms with van der Waals surface area (Å²) >= 11 is 0. The summed E-state index contributed by atoms with van der Waals surface area (Å²) in [7, 11) is 1.53. The first-order valence-corrected chi connectivity index (χ1v) is 3.19.